The summed E-state index contributed by atoms with van der Waals surface area (Å²) in [6.45, 7) is 5.48. The van der Waals surface area contributed by atoms with E-state index in [1.54, 1.807) is 12.1 Å². The molecule has 3 fully saturated rings. The van der Waals surface area contributed by atoms with Crippen molar-refractivity contribution in [2.45, 2.75) is 18.9 Å². The molecule has 3 aliphatic heterocycles. The molecule has 0 spiro atoms. The Morgan fingerprint density at radius 3 is 2.30 bits per heavy atom. The molecular formula is C15H22Cl2N4O2-2. The van der Waals surface area contributed by atoms with Gasteiger partial charge in [0.1, 0.15) is 0 Å². The Morgan fingerprint density at radius 2 is 1.78 bits per heavy atom. The lowest BCUT2D eigenvalue weighted by molar-refractivity contribution is -0.384. The van der Waals surface area contributed by atoms with Gasteiger partial charge >= 0.3 is 0 Å². The molecule has 2 N–H and O–H groups in total. The molecule has 1 aromatic carbocycles. The highest BCUT2D eigenvalue weighted by Crippen LogP contribution is 2.27. The molecule has 8 heteroatoms. The highest BCUT2D eigenvalue weighted by Gasteiger charge is 2.33. The van der Waals surface area contributed by atoms with Gasteiger partial charge in [0, 0.05) is 43.5 Å². The summed E-state index contributed by atoms with van der Waals surface area (Å²) in [4.78, 5) is 12.7. The van der Waals surface area contributed by atoms with Gasteiger partial charge in [-0.2, -0.15) is 0 Å². The van der Waals surface area contributed by atoms with E-state index in [0.29, 0.717) is 6.04 Å². The first-order chi connectivity index (χ1) is 10.2. The third-order valence-electron chi connectivity index (χ3n) is 4.59. The van der Waals surface area contributed by atoms with Crippen LogP contribution in [0.3, 0.4) is 0 Å². The first-order valence-electron chi connectivity index (χ1n) is 7.66. The summed E-state index contributed by atoms with van der Waals surface area (Å²) >= 11 is 0. The van der Waals surface area contributed by atoms with Crippen LogP contribution in [0.25, 0.3) is 0 Å². The van der Waals surface area contributed by atoms with E-state index in [0.717, 1.165) is 24.7 Å². The van der Waals surface area contributed by atoms with Gasteiger partial charge in [0.15, 0.2) is 0 Å². The van der Waals surface area contributed by atoms with Crippen LogP contribution in [0.1, 0.15) is 12.8 Å². The summed E-state index contributed by atoms with van der Waals surface area (Å²) in [6, 6.07) is 7.21. The van der Waals surface area contributed by atoms with Crippen LogP contribution in [0.4, 0.5) is 11.4 Å². The zero-order chi connectivity index (χ0) is 14.7. The van der Waals surface area contributed by atoms with Crippen molar-refractivity contribution in [3.63, 3.8) is 0 Å². The molecule has 0 aliphatic carbocycles. The van der Waals surface area contributed by atoms with E-state index in [9.17, 15) is 10.1 Å². The van der Waals surface area contributed by atoms with Crippen LogP contribution in [0.15, 0.2) is 24.3 Å². The van der Waals surface area contributed by atoms with Gasteiger partial charge in [-0.1, -0.05) is 0 Å². The Bertz CT molecular complexity index is 493. The van der Waals surface area contributed by atoms with Crippen molar-refractivity contribution in [1.29, 1.82) is 0 Å². The van der Waals surface area contributed by atoms with Crippen LogP contribution in [-0.2, 0) is 0 Å². The van der Waals surface area contributed by atoms with Gasteiger partial charge < -0.3 is 40.3 Å². The SMILES string of the molecule is O=[N+]([O-])c1ccc(NCCNC2CN3CCC2CC3)cc1.[Cl-].[Cl-]. The molecule has 23 heavy (non-hydrogen) atoms. The minimum Gasteiger partial charge on any atom is -1.00 e. The molecule has 0 aromatic heterocycles. The predicted molar refractivity (Wildman–Crippen MR) is 82.5 cm³/mol. The Hall–Kier alpha value is -1.08. The lowest BCUT2D eigenvalue weighted by atomic mass is 9.84. The first kappa shape index (κ1) is 20.0. The number of anilines is 1. The second kappa shape index (κ2) is 9.27. The molecule has 3 aliphatic rings. The van der Waals surface area contributed by atoms with Crippen LogP contribution in [0.5, 0.6) is 0 Å². The number of nitrogens with one attached hydrogen (secondary N) is 2. The van der Waals surface area contributed by atoms with E-state index in [1.165, 1.54) is 44.6 Å². The number of benzene rings is 1. The summed E-state index contributed by atoms with van der Waals surface area (Å²) in [5.41, 5.74) is 1.06. The highest BCUT2D eigenvalue weighted by atomic mass is 35.5. The average Bonchev–Trinajstić information content (AvgIpc) is 2.53. The Balaban J connectivity index is 0.00000132. The lowest BCUT2D eigenvalue weighted by Crippen LogP contribution is -3.00. The molecule has 3 saturated heterocycles. The third kappa shape index (κ3) is 5.21. The number of hydrogen-bond donors (Lipinski definition) is 2. The molecule has 1 atom stereocenters. The Labute approximate surface area is 149 Å². The molecule has 0 amide bonds. The summed E-state index contributed by atoms with van der Waals surface area (Å²) in [7, 11) is 0. The zero-order valence-electron chi connectivity index (χ0n) is 12.9. The van der Waals surface area contributed by atoms with Gasteiger partial charge in [0.05, 0.1) is 4.92 Å². The standard InChI is InChI=1S/C15H22N4O2.2ClH/c20-19(21)14-3-1-13(2-4-14)16-7-8-17-15-11-18-9-5-12(15)6-10-18;;/h1-4,12,15-17H,5-11H2;2*1H/p-2. The number of halogens is 2. The number of nitro groups is 1. The maximum Gasteiger partial charge on any atom is 0.269 e. The molecule has 1 aromatic rings. The van der Waals surface area contributed by atoms with Gasteiger partial charge in [-0.3, -0.25) is 10.1 Å². The van der Waals surface area contributed by atoms with Crippen molar-refractivity contribution in [1.82, 2.24) is 10.2 Å². The Kier molecular flexibility index (Phi) is 8.05. The summed E-state index contributed by atoms with van der Waals surface area (Å²) in [5, 5.41) is 17.5. The number of nitro benzene ring substituents is 1. The van der Waals surface area contributed by atoms with E-state index in [4.69, 9.17) is 0 Å². The molecule has 130 valence electrons. The molecule has 6 nitrogen and oxygen atoms in total. The molecule has 0 saturated carbocycles. The maximum atomic E-state index is 10.6. The number of nitrogens with zero attached hydrogens (tertiary/aromatic N) is 2. The monoisotopic (exact) mass is 360 g/mol. The number of rotatable bonds is 6. The van der Waals surface area contributed by atoms with Crippen LogP contribution in [0, 0.1) is 16.0 Å². The molecule has 0 radical (unpaired) electrons. The summed E-state index contributed by atoms with van der Waals surface area (Å²) in [6.07, 6.45) is 2.65. The summed E-state index contributed by atoms with van der Waals surface area (Å²) < 4.78 is 0. The van der Waals surface area contributed by atoms with Crippen LogP contribution < -0.4 is 35.4 Å². The second-order valence-electron chi connectivity index (χ2n) is 5.93. The van der Waals surface area contributed by atoms with Gasteiger partial charge in [-0.05, 0) is 44.0 Å². The second-order valence-corrected chi connectivity index (χ2v) is 5.93. The highest BCUT2D eigenvalue weighted by molar-refractivity contribution is 5.48. The topological polar surface area (TPSA) is 70.4 Å². The number of hydrogen-bond acceptors (Lipinski definition) is 5. The average molecular weight is 361 g/mol. The smallest absolute Gasteiger partial charge is 0.269 e. The van der Waals surface area contributed by atoms with E-state index in [-0.39, 0.29) is 35.4 Å². The van der Waals surface area contributed by atoms with Crippen LogP contribution in [0.2, 0.25) is 0 Å². The number of piperidine rings is 3. The van der Waals surface area contributed by atoms with E-state index in [2.05, 4.69) is 15.5 Å². The van der Waals surface area contributed by atoms with Crippen molar-refractivity contribution in [2.24, 2.45) is 5.92 Å². The van der Waals surface area contributed by atoms with Gasteiger partial charge in [-0.25, -0.2) is 0 Å². The van der Waals surface area contributed by atoms with Crippen molar-refractivity contribution < 1.29 is 29.7 Å². The van der Waals surface area contributed by atoms with E-state index < -0.39 is 0 Å². The third-order valence-corrected chi connectivity index (χ3v) is 4.59. The lowest BCUT2D eigenvalue weighted by Gasteiger charge is -2.45. The zero-order valence-corrected chi connectivity index (χ0v) is 14.4. The van der Waals surface area contributed by atoms with Gasteiger partial charge in [0.2, 0.25) is 0 Å². The number of non-ortho nitro benzene ring substituents is 1. The normalized spacial score (nSPS) is 25.1. The van der Waals surface area contributed by atoms with Crippen LogP contribution >= 0.6 is 0 Å². The fourth-order valence-electron chi connectivity index (χ4n) is 3.36. The Morgan fingerprint density at radius 1 is 1.13 bits per heavy atom. The molecule has 4 rings (SSSR count). The molecule has 3 heterocycles. The van der Waals surface area contributed by atoms with Gasteiger partial charge in [-0.15, -0.1) is 0 Å². The molecule has 1 unspecified atom stereocenters. The van der Waals surface area contributed by atoms with Crippen LogP contribution in [-0.4, -0.2) is 48.6 Å². The largest absolute Gasteiger partial charge is 1.00 e. The molecular weight excluding hydrogens is 339 g/mol. The summed E-state index contributed by atoms with van der Waals surface area (Å²) in [5.74, 6) is 0.842. The van der Waals surface area contributed by atoms with Crippen molar-refractivity contribution in [3.8, 4) is 0 Å². The van der Waals surface area contributed by atoms with Crippen molar-refractivity contribution in [3.05, 3.63) is 34.4 Å². The minimum absolute atomic E-state index is 0. The predicted octanol–water partition coefficient (Wildman–Crippen LogP) is -4.30. The minimum atomic E-state index is -0.376. The first-order valence-corrected chi connectivity index (χ1v) is 7.66. The van der Waals surface area contributed by atoms with Crippen molar-refractivity contribution in [2.75, 3.05) is 38.0 Å². The molecule has 2 bridgehead atoms. The maximum absolute atomic E-state index is 10.6. The quantitative estimate of drug-likeness (QED) is 0.305. The van der Waals surface area contributed by atoms with E-state index >= 15 is 0 Å². The fourth-order valence-corrected chi connectivity index (χ4v) is 3.36. The number of fused-ring (bicyclic) bond motifs is 3. The fraction of sp³-hybridized carbons (Fsp3) is 0.600. The van der Waals surface area contributed by atoms with Crippen molar-refractivity contribution >= 4 is 11.4 Å². The van der Waals surface area contributed by atoms with Gasteiger partial charge in [0.25, 0.3) is 5.69 Å². The van der Waals surface area contributed by atoms with E-state index in [1.807, 2.05) is 0 Å².